The van der Waals surface area contributed by atoms with Gasteiger partial charge in [0.1, 0.15) is 11.2 Å². The minimum Gasteiger partial charge on any atom is -0.368 e. The Morgan fingerprint density at radius 3 is 2.31 bits per heavy atom. The number of amides is 3. The van der Waals surface area contributed by atoms with Crippen molar-refractivity contribution in [3.05, 3.63) is 28.3 Å². The molecule has 1 aromatic carbocycles. The Bertz CT molecular complexity index is 950. The molecule has 1 atom stereocenters. The first-order valence-corrected chi connectivity index (χ1v) is 11.2. The van der Waals surface area contributed by atoms with E-state index in [0.717, 1.165) is 37.3 Å². The number of piperidine rings is 2. The van der Waals surface area contributed by atoms with Crippen molar-refractivity contribution in [2.75, 3.05) is 36.0 Å². The summed E-state index contributed by atoms with van der Waals surface area (Å²) in [5.41, 5.74) is 5.61. The maximum atomic E-state index is 12.5. The van der Waals surface area contributed by atoms with Gasteiger partial charge in [0.05, 0.1) is 10.6 Å². The summed E-state index contributed by atoms with van der Waals surface area (Å²) in [4.78, 5) is 53.5. The fourth-order valence-corrected chi connectivity index (χ4v) is 5.28. The standard InChI is InChI=1S/C22H29N5O5/c1-15-13-19(28)26(20(15)29)16-5-6-17(18(14-16)27(31)32)24-11-7-22(8-12-24,21(23)30)25-9-3-2-4-10-25/h5-6,14-15H,2-4,7-13H2,1H3,(H2,23,30). The van der Waals surface area contributed by atoms with Gasteiger partial charge in [-0.3, -0.25) is 34.3 Å². The van der Waals surface area contributed by atoms with Crippen molar-refractivity contribution in [2.45, 2.75) is 51.0 Å². The minimum atomic E-state index is -0.712. The van der Waals surface area contributed by atoms with Crippen LogP contribution in [0.5, 0.6) is 0 Å². The molecular formula is C22H29N5O5. The predicted octanol–water partition coefficient (Wildman–Crippen LogP) is 1.80. The number of hydrogen-bond acceptors (Lipinski definition) is 7. The third-order valence-electron chi connectivity index (χ3n) is 7.14. The van der Waals surface area contributed by atoms with Crippen molar-refractivity contribution in [1.29, 1.82) is 0 Å². The molecule has 1 aromatic rings. The van der Waals surface area contributed by atoms with E-state index in [1.807, 2.05) is 4.90 Å². The van der Waals surface area contributed by atoms with Crippen LogP contribution in [0.2, 0.25) is 0 Å². The molecular weight excluding hydrogens is 414 g/mol. The van der Waals surface area contributed by atoms with E-state index in [2.05, 4.69) is 4.90 Å². The maximum Gasteiger partial charge on any atom is 0.294 e. The average Bonchev–Trinajstić information content (AvgIpc) is 3.05. The lowest BCUT2D eigenvalue weighted by molar-refractivity contribution is -0.384. The molecule has 0 spiro atoms. The monoisotopic (exact) mass is 443 g/mol. The first-order valence-electron chi connectivity index (χ1n) is 11.2. The summed E-state index contributed by atoms with van der Waals surface area (Å²) >= 11 is 0. The van der Waals surface area contributed by atoms with Gasteiger partial charge in [-0.1, -0.05) is 13.3 Å². The van der Waals surface area contributed by atoms with Crippen LogP contribution in [0.25, 0.3) is 0 Å². The van der Waals surface area contributed by atoms with Gasteiger partial charge in [0.2, 0.25) is 17.7 Å². The fourth-order valence-electron chi connectivity index (χ4n) is 5.28. The third-order valence-corrected chi connectivity index (χ3v) is 7.14. The van der Waals surface area contributed by atoms with Gasteiger partial charge >= 0.3 is 0 Å². The molecule has 3 fully saturated rings. The molecule has 32 heavy (non-hydrogen) atoms. The van der Waals surface area contributed by atoms with Crippen molar-refractivity contribution in [3.63, 3.8) is 0 Å². The van der Waals surface area contributed by atoms with Crippen molar-refractivity contribution >= 4 is 34.8 Å². The van der Waals surface area contributed by atoms with Gasteiger partial charge in [-0.2, -0.15) is 0 Å². The van der Waals surface area contributed by atoms with Crippen molar-refractivity contribution < 1.29 is 19.3 Å². The molecule has 3 heterocycles. The number of nitrogens with zero attached hydrogens (tertiary/aromatic N) is 4. The molecule has 3 amide bonds. The number of nitrogens with two attached hydrogens (primary N) is 1. The summed E-state index contributed by atoms with van der Waals surface area (Å²) in [6.45, 7) is 4.27. The first kappa shape index (κ1) is 22.2. The molecule has 10 heteroatoms. The van der Waals surface area contributed by atoms with E-state index in [1.54, 1.807) is 19.1 Å². The van der Waals surface area contributed by atoms with Crippen LogP contribution in [0.15, 0.2) is 18.2 Å². The highest BCUT2D eigenvalue weighted by Gasteiger charge is 2.46. The predicted molar refractivity (Wildman–Crippen MR) is 118 cm³/mol. The molecule has 3 aliphatic rings. The van der Waals surface area contributed by atoms with Crippen LogP contribution >= 0.6 is 0 Å². The highest BCUT2D eigenvalue weighted by molar-refractivity contribution is 6.21. The Balaban J connectivity index is 1.58. The number of primary amides is 1. The largest absolute Gasteiger partial charge is 0.368 e. The summed E-state index contributed by atoms with van der Waals surface area (Å²) in [5, 5.41) is 11.8. The number of carbonyl (C=O) groups excluding carboxylic acids is 3. The number of likely N-dealkylation sites (tertiary alicyclic amines) is 1. The second kappa shape index (κ2) is 8.50. The summed E-state index contributed by atoms with van der Waals surface area (Å²) < 4.78 is 0. The Hall–Kier alpha value is -3.01. The van der Waals surface area contributed by atoms with Gasteiger partial charge in [0.25, 0.3) is 5.69 Å². The van der Waals surface area contributed by atoms with Crippen LogP contribution < -0.4 is 15.5 Å². The van der Waals surface area contributed by atoms with E-state index in [-0.39, 0.29) is 35.5 Å². The molecule has 3 aliphatic heterocycles. The quantitative estimate of drug-likeness (QED) is 0.417. The molecule has 172 valence electrons. The highest BCUT2D eigenvalue weighted by Crippen LogP contribution is 2.39. The summed E-state index contributed by atoms with van der Waals surface area (Å²) in [5.74, 6) is -1.46. The number of imide groups is 1. The maximum absolute atomic E-state index is 12.5. The Morgan fingerprint density at radius 2 is 1.78 bits per heavy atom. The van der Waals surface area contributed by atoms with Crippen LogP contribution in [-0.2, 0) is 14.4 Å². The molecule has 2 N–H and O–H groups in total. The molecule has 3 saturated heterocycles. The summed E-state index contributed by atoms with van der Waals surface area (Å²) in [7, 11) is 0. The summed E-state index contributed by atoms with van der Waals surface area (Å²) in [6, 6.07) is 4.47. The fraction of sp³-hybridized carbons (Fsp3) is 0.591. The number of benzene rings is 1. The number of hydrogen-bond donors (Lipinski definition) is 1. The SMILES string of the molecule is CC1CC(=O)N(c2ccc(N3CCC(C(N)=O)(N4CCCCC4)CC3)c([N+](=O)[O-])c2)C1=O. The smallest absolute Gasteiger partial charge is 0.294 e. The molecule has 0 aliphatic carbocycles. The lowest BCUT2D eigenvalue weighted by atomic mass is 9.83. The molecule has 0 saturated carbocycles. The van der Waals surface area contributed by atoms with Crippen LogP contribution in [0.1, 0.15) is 45.4 Å². The Morgan fingerprint density at radius 1 is 1.12 bits per heavy atom. The van der Waals surface area contributed by atoms with Crippen LogP contribution in [-0.4, -0.2) is 59.3 Å². The van der Waals surface area contributed by atoms with Crippen LogP contribution in [0, 0.1) is 16.0 Å². The van der Waals surface area contributed by atoms with Gasteiger partial charge in [-0.15, -0.1) is 0 Å². The van der Waals surface area contributed by atoms with Gasteiger partial charge in [0, 0.05) is 31.5 Å². The van der Waals surface area contributed by atoms with Gasteiger partial charge in [-0.25, -0.2) is 0 Å². The molecule has 10 nitrogen and oxygen atoms in total. The molecule has 0 radical (unpaired) electrons. The minimum absolute atomic E-state index is 0.103. The van der Waals surface area contributed by atoms with E-state index in [0.29, 0.717) is 31.6 Å². The Labute approximate surface area is 186 Å². The molecule has 0 aromatic heterocycles. The first-order chi connectivity index (χ1) is 15.2. The summed E-state index contributed by atoms with van der Waals surface area (Å²) in [6.07, 6.45) is 4.34. The second-order valence-corrected chi connectivity index (χ2v) is 9.03. The lowest BCUT2D eigenvalue weighted by Gasteiger charge is -2.48. The van der Waals surface area contributed by atoms with Crippen molar-refractivity contribution in [3.8, 4) is 0 Å². The zero-order valence-electron chi connectivity index (χ0n) is 18.3. The van der Waals surface area contributed by atoms with Gasteiger partial charge in [0.15, 0.2) is 0 Å². The van der Waals surface area contributed by atoms with E-state index in [1.165, 1.54) is 6.07 Å². The topological polar surface area (TPSA) is 130 Å². The van der Waals surface area contributed by atoms with Crippen LogP contribution in [0.3, 0.4) is 0 Å². The molecule has 1 unspecified atom stereocenters. The van der Waals surface area contributed by atoms with E-state index in [4.69, 9.17) is 5.73 Å². The zero-order valence-corrected chi connectivity index (χ0v) is 18.3. The highest BCUT2D eigenvalue weighted by atomic mass is 16.6. The Kier molecular flexibility index (Phi) is 5.89. The second-order valence-electron chi connectivity index (χ2n) is 9.03. The average molecular weight is 444 g/mol. The van der Waals surface area contributed by atoms with Crippen LogP contribution in [0.4, 0.5) is 17.1 Å². The lowest BCUT2D eigenvalue weighted by Crippen LogP contribution is -2.63. The van der Waals surface area contributed by atoms with E-state index < -0.39 is 16.4 Å². The van der Waals surface area contributed by atoms with Gasteiger partial charge in [-0.05, 0) is 50.9 Å². The third kappa shape index (κ3) is 3.72. The van der Waals surface area contributed by atoms with E-state index >= 15 is 0 Å². The normalized spacial score (nSPS) is 24.1. The molecule has 0 bridgehead atoms. The number of nitro benzene ring substituents is 1. The van der Waals surface area contributed by atoms with Gasteiger partial charge < -0.3 is 10.6 Å². The molecule has 4 rings (SSSR count). The number of anilines is 2. The van der Waals surface area contributed by atoms with Crippen molar-refractivity contribution in [1.82, 2.24) is 4.90 Å². The number of carbonyl (C=O) groups is 3. The zero-order chi connectivity index (χ0) is 23.0. The van der Waals surface area contributed by atoms with Crippen molar-refractivity contribution in [2.24, 2.45) is 11.7 Å². The number of rotatable bonds is 5. The number of nitro groups is 1. The van der Waals surface area contributed by atoms with E-state index in [9.17, 15) is 24.5 Å².